The van der Waals surface area contributed by atoms with E-state index in [9.17, 15) is 10.2 Å². The molecule has 2 aromatic rings. The van der Waals surface area contributed by atoms with E-state index in [1.807, 2.05) is 0 Å². The first-order chi connectivity index (χ1) is 10.0. The Labute approximate surface area is 119 Å². The summed E-state index contributed by atoms with van der Waals surface area (Å²) in [5.41, 5.74) is 11.7. The van der Waals surface area contributed by atoms with Gasteiger partial charge in [0.25, 0.3) is 0 Å². The number of nitrogen functional groups attached to an aromatic ring is 1. The second kappa shape index (κ2) is 4.10. The zero-order valence-corrected chi connectivity index (χ0v) is 11.1. The van der Waals surface area contributed by atoms with Crippen molar-refractivity contribution in [1.82, 2.24) is 19.5 Å². The number of fused-ring (bicyclic) bond motifs is 1. The highest BCUT2D eigenvalue weighted by atomic mass is 16.6. The summed E-state index contributed by atoms with van der Waals surface area (Å²) >= 11 is 0. The van der Waals surface area contributed by atoms with Crippen LogP contribution in [0.2, 0.25) is 0 Å². The van der Waals surface area contributed by atoms with E-state index in [4.69, 9.17) is 16.2 Å². The van der Waals surface area contributed by atoms with E-state index >= 15 is 0 Å². The van der Waals surface area contributed by atoms with Gasteiger partial charge in [0, 0.05) is 6.04 Å². The van der Waals surface area contributed by atoms with Crippen molar-refractivity contribution in [2.24, 2.45) is 5.73 Å². The maximum absolute atomic E-state index is 10.3. The van der Waals surface area contributed by atoms with Crippen molar-refractivity contribution < 1.29 is 14.9 Å². The lowest BCUT2D eigenvalue weighted by Gasteiger charge is -2.46. The van der Waals surface area contributed by atoms with E-state index in [0.29, 0.717) is 17.6 Å². The molecule has 3 unspecified atom stereocenters. The molecule has 2 aliphatic rings. The van der Waals surface area contributed by atoms with Gasteiger partial charge in [-0.1, -0.05) is 0 Å². The molecule has 1 aliphatic carbocycles. The first-order valence-electron chi connectivity index (χ1n) is 6.77. The lowest BCUT2D eigenvalue weighted by Crippen LogP contribution is -2.63. The van der Waals surface area contributed by atoms with Gasteiger partial charge in [-0.05, 0) is 12.8 Å². The molecule has 6 N–H and O–H groups in total. The summed E-state index contributed by atoms with van der Waals surface area (Å²) in [5, 5.41) is 20.6. The molecule has 4 rings (SSSR count). The molecule has 5 atom stereocenters. The van der Waals surface area contributed by atoms with Gasteiger partial charge < -0.3 is 26.4 Å². The fraction of sp³-hybridized carbons (Fsp3) is 0.583. The SMILES string of the molecule is Nc1ncnc2c1ncn2C1O[C@@]2(CC[C@@H]2N)C(O)C1O. The van der Waals surface area contributed by atoms with Crippen LogP contribution in [0, 0.1) is 0 Å². The van der Waals surface area contributed by atoms with Crippen molar-refractivity contribution in [3.05, 3.63) is 12.7 Å². The highest BCUT2D eigenvalue weighted by molar-refractivity contribution is 5.81. The van der Waals surface area contributed by atoms with Crippen LogP contribution in [0.4, 0.5) is 5.82 Å². The molecule has 0 aromatic carbocycles. The first kappa shape index (κ1) is 12.9. The summed E-state index contributed by atoms with van der Waals surface area (Å²) in [6.45, 7) is 0. The van der Waals surface area contributed by atoms with Crippen LogP contribution < -0.4 is 11.5 Å². The summed E-state index contributed by atoms with van der Waals surface area (Å²) in [7, 11) is 0. The summed E-state index contributed by atoms with van der Waals surface area (Å²) in [5.74, 6) is 0.252. The fourth-order valence-electron chi connectivity index (χ4n) is 3.20. The van der Waals surface area contributed by atoms with Gasteiger partial charge >= 0.3 is 0 Å². The maximum atomic E-state index is 10.3. The van der Waals surface area contributed by atoms with Crippen LogP contribution in [0.25, 0.3) is 11.2 Å². The van der Waals surface area contributed by atoms with Gasteiger partial charge in [0.2, 0.25) is 0 Å². The second-order valence-corrected chi connectivity index (χ2v) is 5.63. The van der Waals surface area contributed by atoms with Crippen molar-refractivity contribution in [1.29, 1.82) is 0 Å². The smallest absolute Gasteiger partial charge is 0.167 e. The molecule has 112 valence electrons. The fourth-order valence-corrected chi connectivity index (χ4v) is 3.20. The summed E-state index contributed by atoms with van der Waals surface area (Å²) in [6, 6.07) is -0.290. The Morgan fingerprint density at radius 1 is 1.33 bits per heavy atom. The molecule has 21 heavy (non-hydrogen) atoms. The zero-order valence-electron chi connectivity index (χ0n) is 11.1. The Bertz CT molecular complexity index is 705. The highest BCUT2D eigenvalue weighted by Gasteiger charge is 2.62. The average Bonchev–Trinajstić information content (AvgIpc) is 3.01. The van der Waals surface area contributed by atoms with Gasteiger partial charge in [-0.15, -0.1) is 0 Å². The van der Waals surface area contributed by atoms with E-state index in [1.165, 1.54) is 12.7 Å². The van der Waals surface area contributed by atoms with Gasteiger partial charge in [-0.2, -0.15) is 0 Å². The quantitative estimate of drug-likeness (QED) is 0.498. The van der Waals surface area contributed by atoms with Crippen LogP contribution in [0.1, 0.15) is 19.1 Å². The van der Waals surface area contributed by atoms with Crippen molar-refractivity contribution in [2.75, 3.05) is 5.73 Å². The lowest BCUT2D eigenvalue weighted by atomic mass is 9.71. The molecular formula is C12H16N6O3. The minimum atomic E-state index is -1.11. The van der Waals surface area contributed by atoms with Gasteiger partial charge in [0.05, 0.1) is 6.33 Å². The van der Waals surface area contributed by atoms with E-state index in [0.717, 1.165) is 6.42 Å². The number of hydrogen-bond donors (Lipinski definition) is 4. The van der Waals surface area contributed by atoms with Crippen molar-refractivity contribution in [2.45, 2.75) is 42.9 Å². The molecule has 1 spiro atoms. The molecule has 2 fully saturated rings. The number of ether oxygens (including phenoxy) is 1. The predicted molar refractivity (Wildman–Crippen MR) is 71.8 cm³/mol. The van der Waals surface area contributed by atoms with E-state index in [2.05, 4.69) is 15.0 Å². The minimum Gasteiger partial charge on any atom is -0.387 e. The molecule has 3 heterocycles. The molecule has 1 saturated heterocycles. The number of rotatable bonds is 1. The second-order valence-electron chi connectivity index (χ2n) is 5.63. The van der Waals surface area contributed by atoms with Gasteiger partial charge in [0.1, 0.15) is 29.7 Å². The number of nitrogens with zero attached hydrogens (tertiary/aromatic N) is 4. The van der Waals surface area contributed by atoms with Crippen LogP contribution in [-0.4, -0.2) is 53.6 Å². The summed E-state index contributed by atoms with van der Waals surface area (Å²) < 4.78 is 7.47. The number of aromatic nitrogens is 4. The van der Waals surface area contributed by atoms with Gasteiger partial charge in [-0.25, -0.2) is 15.0 Å². The third-order valence-electron chi connectivity index (χ3n) is 4.59. The van der Waals surface area contributed by atoms with Crippen LogP contribution in [-0.2, 0) is 4.74 Å². The number of aliphatic hydroxyl groups is 2. The average molecular weight is 292 g/mol. The summed E-state index contributed by atoms with van der Waals surface area (Å²) in [4.78, 5) is 12.1. The molecule has 2 aromatic heterocycles. The third kappa shape index (κ3) is 1.51. The standard InChI is InChI=1S/C12H16N6O3/c13-5-1-2-12(5)8(20)7(19)11(21-12)18-4-17-6-9(14)15-3-16-10(6)18/h3-5,7-8,11,19-20H,1-2,13H2,(H2,14,15,16)/t5-,7?,8?,11?,12+/m0/s1. The van der Waals surface area contributed by atoms with Crippen LogP contribution in [0.5, 0.6) is 0 Å². The number of nitrogens with two attached hydrogens (primary N) is 2. The van der Waals surface area contributed by atoms with E-state index in [1.54, 1.807) is 4.57 Å². The van der Waals surface area contributed by atoms with E-state index < -0.39 is 24.0 Å². The largest absolute Gasteiger partial charge is 0.387 e. The van der Waals surface area contributed by atoms with Crippen LogP contribution >= 0.6 is 0 Å². The van der Waals surface area contributed by atoms with Crippen molar-refractivity contribution in [3.63, 3.8) is 0 Å². The molecule has 0 bridgehead atoms. The monoisotopic (exact) mass is 292 g/mol. The number of hydrogen-bond acceptors (Lipinski definition) is 8. The van der Waals surface area contributed by atoms with Crippen LogP contribution in [0.3, 0.4) is 0 Å². The summed E-state index contributed by atoms with van der Waals surface area (Å²) in [6.07, 6.45) is 1.22. The Morgan fingerprint density at radius 3 is 2.76 bits per heavy atom. The maximum Gasteiger partial charge on any atom is 0.167 e. The lowest BCUT2D eigenvalue weighted by molar-refractivity contribution is -0.158. The molecule has 1 saturated carbocycles. The highest BCUT2D eigenvalue weighted by Crippen LogP contribution is 2.48. The molecular weight excluding hydrogens is 276 g/mol. The van der Waals surface area contributed by atoms with E-state index in [-0.39, 0.29) is 11.9 Å². The number of imidazole rings is 1. The predicted octanol–water partition coefficient (Wildman–Crippen LogP) is -1.48. The topological polar surface area (TPSA) is 145 Å². The normalized spacial score (nSPS) is 39.0. The minimum absolute atomic E-state index is 0.252. The Balaban J connectivity index is 1.78. The first-order valence-corrected chi connectivity index (χ1v) is 6.77. The zero-order chi connectivity index (χ0) is 14.8. The van der Waals surface area contributed by atoms with Crippen LogP contribution in [0.15, 0.2) is 12.7 Å². The van der Waals surface area contributed by atoms with Gasteiger partial charge in [0.15, 0.2) is 17.7 Å². The number of anilines is 1. The third-order valence-corrected chi connectivity index (χ3v) is 4.59. The van der Waals surface area contributed by atoms with Crippen molar-refractivity contribution >= 4 is 17.0 Å². The molecule has 0 radical (unpaired) electrons. The molecule has 9 heteroatoms. The Morgan fingerprint density at radius 2 is 2.14 bits per heavy atom. The molecule has 1 aliphatic heterocycles. The molecule has 0 amide bonds. The number of aliphatic hydroxyl groups excluding tert-OH is 2. The van der Waals surface area contributed by atoms with Crippen molar-refractivity contribution in [3.8, 4) is 0 Å². The Hall–Kier alpha value is -1.81. The molecule has 9 nitrogen and oxygen atoms in total. The van der Waals surface area contributed by atoms with Gasteiger partial charge in [-0.3, -0.25) is 4.57 Å². The Kier molecular flexibility index (Phi) is 2.52.